The van der Waals surface area contributed by atoms with Gasteiger partial charge >= 0.3 is 0 Å². The van der Waals surface area contributed by atoms with E-state index in [-0.39, 0.29) is 0 Å². The smallest absolute Gasteiger partial charge is 0.240 e. The molecule has 0 aliphatic carbocycles. The van der Waals surface area contributed by atoms with Gasteiger partial charge in [0.25, 0.3) is 0 Å². The third-order valence-electron chi connectivity index (χ3n) is 9.18. The van der Waals surface area contributed by atoms with Crippen molar-refractivity contribution >= 4 is 65.2 Å². The molecule has 0 N–H and O–H groups in total. The van der Waals surface area contributed by atoms with Crippen LogP contribution in [0.4, 0.5) is 0 Å². The number of rotatable bonds is 3. The zero-order valence-electron chi connectivity index (χ0n) is 24.7. The Balaban J connectivity index is 1.32. The highest BCUT2D eigenvalue weighted by Gasteiger charge is 2.20. The number of benzene rings is 7. The fourth-order valence-corrected chi connectivity index (χ4v) is 7.10. The van der Waals surface area contributed by atoms with E-state index in [1.54, 1.807) is 0 Å². The van der Waals surface area contributed by atoms with Crippen molar-refractivity contribution in [3.8, 4) is 23.3 Å². The van der Waals surface area contributed by atoms with Gasteiger partial charge in [0.05, 0.1) is 22.1 Å². The fraction of sp³-hybridized carbons (Fsp3) is 0. The molecule has 0 aliphatic heterocycles. The Morgan fingerprint density at radius 3 is 1.22 bits per heavy atom. The molecule has 0 bridgehead atoms. The van der Waals surface area contributed by atoms with E-state index in [2.05, 4.69) is 161 Å². The molecule has 0 amide bonds. The van der Waals surface area contributed by atoms with Crippen LogP contribution in [-0.2, 0) is 0 Å². The summed E-state index contributed by atoms with van der Waals surface area (Å²) >= 11 is 0. The van der Waals surface area contributed by atoms with E-state index in [0.29, 0.717) is 17.7 Å². The predicted molar refractivity (Wildman–Crippen MR) is 189 cm³/mol. The predicted octanol–water partition coefficient (Wildman–Crippen LogP) is 10.0. The van der Waals surface area contributed by atoms with Crippen LogP contribution in [-0.4, -0.2) is 24.1 Å². The highest BCUT2D eigenvalue weighted by atomic mass is 15.3. The first-order valence-corrected chi connectivity index (χ1v) is 15.5. The van der Waals surface area contributed by atoms with Crippen LogP contribution in [0.5, 0.6) is 0 Å². The first-order valence-electron chi connectivity index (χ1n) is 15.5. The SMILES string of the molecule is c1ccc2c(c1)ccc1ccc(-c3nc(-n4c5ccccc5c5ccccc54)nc(-n4c5ccccc5c5ccccc54)n3)cc12. The van der Waals surface area contributed by atoms with Gasteiger partial charge in [-0.1, -0.05) is 121 Å². The molecule has 46 heavy (non-hydrogen) atoms. The largest absolute Gasteiger partial charge is 0.278 e. The van der Waals surface area contributed by atoms with Crippen LogP contribution in [0, 0.1) is 0 Å². The van der Waals surface area contributed by atoms with Gasteiger partial charge in [0.15, 0.2) is 5.82 Å². The Bertz CT molecular complexity index is 2580. The van der Waals surface area contributed by atoms with Crippen molar-refractivity contribution in [2.45, 2.75) is 0 Å². The van der Waals surface area contributed by atoms with Gasteiger partial charge in [0.2, 0.25) is 11.9 Å². The summed E-state index contributed by atoms with van der Waals surface area (Å²) in [7, 11) is 0. The topological polar surface area (TPSA) is 48.5 Å². The maximum Gasteiger partial charge on any atom is 0.240 e. The monoisotopic (exact) mass is 587 g/mol. The molecule has 0 aliphatic rings. The van der Waals surface area contributed by atoms with E-state index >= 15 is 0 Å². The van der Waals surface area contributed by atoms with Crippen LogP contribution >= 0.6 is 0 Å². The Kier molecular flexibility index (Phi) is 5.22. The summed E-state index contributed by atoms with van der Waals surface area (Å²) in [6.45, 7) is 0. The third kappa shape index (κ3) is 3.60. The molecule has 0 unspecified atom stereocenters. The number of aromatic nitrogens is 5. The Morgan fingerprint density at radius 2 is 0.717 bits per heavy atom. The van der Waals surface area contributed by atoms with Crippen LogP contribution < -0.4 is 0 Å². The van der Waals surface area contributed by atoms with E-state index in [0.717, 1.165) is 49.2 Å². The van der Waals surface area contributed by atoms with Gasteiger partial charge in [-0.15, -0.1) is 0 Å². The average molecular weight is 588 g/mol. The first-order chi connectivity index (χ1) is 22.8. The summed E-state index contributed by atoms with van der Waals surface area (Å²) in [4.78, 5) is 15.7. The molecule has 0 saturated carbocycles. The summed E-state index contributed by atoms with van der Waals surface area (Å²) < 4.78 is 4.34. The summed E-state index contributed by atoms with van der Waals surface area (Å²) in [5.41, 5.74) is 5.16. The quantitative estimate of drug-likeness (QED) is 0.193. The Hall–Kier alpha value is -6.33. The lowest BCUT2D eigenvalue weighted by Crippen LogP contribution is -2.10. The highest BCUT2D eigenvalue weighted by molar-refractivity contribution is 6.11. The van der Waals surface area contributed by atoms with Crippen molar-refractivity contribution in [3.05, 3.63) is 152 Å². The minimum Gasteiger partial charge on any atom is -0.278 e. The average Bonchev–Trinajstić information content (AvgIpc) is 3.64. The van der Waals surface area contributed by atoms with Crippen LogP contribution in [0.3, 0.4) is 0 Å². The van der Waals surface area contributed by atoms with Crippen LogP contribution in [0.2, 0.25) is 0 Å². The van der Waals surface area contributed by atoms with Gasteiger partial charge in [-0.05, 0) is 51.9 Å². The lowest BCUT2D eigenvalue weighted by atomic mass is 10.00. The maximum atomic E-state index is 5.26. The van der Waals surface area contributed by atoms with Crippen molar-refractivity contribution in [1.29, 1.82) is 0 Å². The molecule has 3 heterocycles. The Labute approximate surface area is 263 Å². The molecule has 3 aromatic heterocycles. The van der Waals surface area contributed by atoms with E-state index < -0.39 is 0 Å². The second kappa shape index (κ2) is 9.58. The van der Waals surface area contributed by atoms with Gasteiger partial charge in [0.1, 0.15) is 0 Å². The minimum atomic E-state index is 0.581. The summed E-state index contributed by atoms with van der Waals surface area (Å²) in [5, 5.41) is 9.42. The van der Waals surface area contributed by atoms with Gasteiger partial charge < -0.3 is 0 Å². The van der Waals surface area contributed by atoms with E-state index in [9.17, 15) is 0 Å². The number of hydrogen-bond acceptors (Lipinski definition) is 3. The second-order valence-electron chi connectivity index (χ2n) is 11.7. The van der Waals surface area contributed by atoms with Gasteiger partial charge in [-0.25, -0.2) is 0 Å². The standard InChI is InChI=1S/C41H25N5/c1-2-12-29-26(11-1)21-22-27-23-24-28(25-34(27)29)39-42-40(45-35-17-7-3-13-30(35)31-14-4-8-18-36(31)45)44-41(43-39)46-37-19-9-5-15-32(37)33-16-6-10-20-38(33)46/h1-25H. The fourth-order valence-electron chi connectivity index (χ4n) is 7.10. The molecule has 7 aromatic carbocycles. The van der Waals surface area contributed by atoms with E-state index in [1.165, 1.54) is 21.5 Å². The summed E-state index contributed by atoms with van der Waals surface area (Å²) in [6, 6.07) is 53.2. The molecule has 5 nitrogen and oxygen atoms in total. The molecular weight excluding hydrogens is 562 g/mol. The van der Waals surface area contributed by atoms with Crippen molar-refractivity contribution in [1.82, 2.24) is 24.1 Å². The maximum absolute atomic E-state index is 5.26. The molecule has 214 valence electrons. The summed E-state index contributed by atoms with van der Waals surface area (Å²) in [6.07, 6.45) is 0. The summed E-state index contributed by atoms with van der Waals surface area (Å²) in [5.74, 6) is 1.79. The van der Waals surface area contributed by atoms with Crippen LogP contribution in [0.15, 0.2) is 152 Å². The number of fused-ring (bicyclic) bond motifs is 9. The van der Waals surface area contributed by atoms with E-state index in [1.807, 2.05) is 0 Å². The molecule has 5 heteroatoms. The third-order valence-corrected chi connectivity index (χ3v) is 9.18. The van der Waals surface area contributed by atoms with Gasteiger partial charge in [-0.3, -0.25) is 9.13 Å². The van der Waals surface area contributed by atoms with Crippen molar-refractivity contribution in [2.24, 2.45) is 0 Å². The van der Waals surface area contributed by atoms with Gasteiger partial charge in [-0.2, -0.15) is 15.0 Å². The van der Waals surface area contributed by atoms with Gasteiger partial charge in [0, 0.05) is 27.1 Å². The van der Waals surface area contributed by atoms with Crippen molar-refractivity contribution < 1.29 is 0 Å². The molecule has 0 radical (unpaired) electrons. The molecule has 0 spiro atoms. The molecule has 0 fully saturated rings. The molecule has 0 saturated heterocycles. The molecular formula is C41H25N5. The zero-order chi connectivity index (χ0) is 30.2. The first kappa shape index (κ1) is 25.0. The highest BCUT2D eigenvalue weighted by Crippen LogP contribution is 2.35. The number of hydrogen-bond donors (Lipinski definition) is 0. The zero-order valence-corrected chi connectivity index (χ0v) is 24.7. The van der Waals surface area contributed by atoms with Crippen molar-refractivity contribution in [2.75, 3.05) is 0 Å². The van der Waals surface area contributed by atoms with E-state index in [4.69, 9.17) is 15.0 Å². The van der Waals surface area contributed by atoms with Crippen molar-refractivity contribution in [3.63, 3.8) is 0 Å². The molecule has 10 aromatic rings. The van der Waals surface area contributed by atoms with Crippen LogP contribution in [0.25, 0.3) is 88.4 Å². The molecule has 10 rings (SSSR count). The normalized spacial score (nSPS) is 11.9. The number of para-hydroxylation sites is 4. The Morgan fingerprint density at radius 1 is 0.326 bits per heavy atom. The number of nitrogens with zero attached hydrogens (tertiary/aromatic N) is 5. The van der Waals surface area contributed by atoms with Crippen LogP contribution in [0.1, 0.15) is 0 Å². The molecule has 0 atom stereocenters. The lowest BCUT2D eigenvalue weighted by molar-refractivity contribution is 0.893. The second-order valence-corrected chi connectivity index (χ2v) is 11.7. The minimum absolute atomic E-state index is 0.581. The lowest BCUT2D eigenvalue weighted by Gasteiger charge is -2.13.